The maximum atomic E-state index is 4.60. The molecular formula is C18H18N6. The quantitative estimate of drug-likeness (QED) is 0.727. The summed E-state index contributed by atoms with van der Waals surface area (Å²) in [7, 11) is 0. The molecule has 3 aromatic heterocycles. The molecule has 0 radical (unpaired) electrons. The first-order chi connectivity index (χ1) is 11.9. The monoisotopic (exact) mass is 318 g/mol. The summed E-state index contributed by atoms with van der Waals surface area (Å²) in [5.41, 5.74) is 2.75. The Kier molecular flexibility index (Phi) is 4.02. The fourth-order valence-corrected chi connectivity index (χ4v) is 2.35. The molecule has 0 bridgehead atoms. The number of anilines is 2. The molecule has 0 amide bonds. The van der Waals surface area contributed by atoms with Crippen molar-refractivity contribution in [2.45, 2.75) is 25.4 Å². The van der Waals surface area contributed by atoms with Crippen LogP contribution in [0.3, 0.4) is 0 Å². The van der Waals surface area contributed by atoms with Gasteiger partial charge in [-0.1, -0.05) is 12.1 Å². The number of hydrogen-bond acceptors (Lipinski definition) is 6. The lowest BCUT2D eigenvalue weighted by atomic mass is 10.2. The lowest BCUT2D eigenvalue weighted by molar-refractivity contribution is 1.03. The van der Waals surface area contributed by atoms with E-state index in [0.717, 1.165) is 22.8 Å². The van der Waals surface area contributed by atoms with E-state index in [1.54, 1.807) is 12.4 Å². The van der Waals surface area contributed by atoms with Crippen molar-refractivity contribution in [1.82, 2.24) is 19.9 Å². The zero-order valence-electron chi connectivity index (χ0n) is 13.2. The van der Waals surface area contributed by atoms with E-state index in [1.807, 2.05) is 42.6 Å². The van der Waals surface area contributed by atoms with Gasteiger partial charge < -0.3 is 10.6 Å². The molecule has 0 atom stereocenters. The molecule has 1 saturated carbocycles. The summed E-state index contributed by atoms with van der Waals surface area (Å²) in [4.78, 5) is 17.7. The summed E-state index contributed by atoms with van der Waals surface area (Å²) in [5.74, 6) is 1.42. The second-order valence-electron chi connectivity index (χ2n) is 5.81. The van der Waals surface area contributed by atoms with Crippen molar-refractivity contribution in [1.29, 1.82) is 0 Å². The Morgan fingerprint density at radius 2 is 1.96 bits per heavy atom. The third kappa shape index (κ3) is 3.65. The largest absolute Gasteiger partial charge is 0.366 e. The highest BCUT2D eigenvalue weighted by molar-refractivity contribution is 5.61. The Morgan fingerprint density at radius 1 is 1.00 bits per heavy atom. The molecule has 2 N–H and O–H groups in total. The maximum Gasteiger partial charge on any atom is 0.225 e. The van der Waals surface area contributed by atoms with Crippen LogP contribution >= 0.6 is 0 Å². The Bertz CT molecular complexity index is 802. The van der Waals surface area contributed by atoms with Crippen LogP contribution in [0.1, 0.15) is 18.4 Å². The van der Waals surface area contributed by atoms with E-state index in [9.17, 15) is 0 Å². The molecule has 1 fully saturated rings. The average Bonchev–Trinajstić information content (AvgIpc) is 3.45. The van der Waals surface area contributed by atoms with Crippen LogP contribution in [-0.4, -0.2) is 26.0 Å². The molecular weight excluding hydrogens is 300 g/mol. The van der Waals surface area contributed by atoms with Gasteiger partial charge in [0.2, 0.25) is 5.95 Å². The molecule has 1 aliphatic carbocycles. The van der Waals surface area contributed by atoms with Gasteiger partial charge in [0.25, 0.3) is 0 Å². The molecule has 4 rings (SSSR count). The van der Waals surface area contributed by atoms with E-state index in [2.05, 4.69) is 30.6 Å². The first kappa shape index (κ1) is 14.6. The van der Waals surface area contributed by atoms with Crippen molar-refractivity contribution in [2.24, 2.45) is 0 Å². The molecule has 6 heteroatoms. The highest BCUT2D eigenvalue weighted by atomic mass is 15.2. The lowest BCUT2D eigenvalue weighted by Gasteiger charge is -2.10. The molecule has 0 unspecified atom stereocenters. The number of aromatic nitrogens is 4. The molecule has 0 spiro atoms. The van der Waals surface area contributed by atoms with Crippen molar-refractivity contribution < 1.29 is 0 Å². The first-order valence-corrected chi connectivity index (χ1v) is 8.06. The zero-order chi connectivity index (χ0) is 16.2. The molecule has 0 aliphatic heterocycles. The predicted molar refractivity (Wildman–Crippen MR) is 93.5 cm³/mol. The van der Waals surface area contributed by atoms with Crippen molar-refractivity contribution in [2.75, 3.05) is 10.6 Å². The van der Waals surface area contributed by atoms with Gasteiger partial charge in [-0.15, -0.1) is 0 Å². The smallest absolute Gasteiger partial charge is 0.225 e. The minimum atomic E-state index is 0.496. The number of nitrogens with one attached hydrogen (secondary N) is 2. The predicted octanol–water partition coefficient (Wildman–Crippen LogP) is 3.12. The van der Waals surface area contributed by atoms with E-state index >= 15 is 0 Å². The number of hydrogen-bond donors (Lipinski definition) is 2. The van der Waals surface area contributed by atoms with Gasteiger partial charge in [0.05, 0.1) is 11.4 Å². The zero-order valence-corrected chi connectivity index (χ0v) is 13.2. The van der Waals surface area contributed by atoms with Crippen LogP contribution in [0.15, 0.2) is 55.0 Å². The fraction of sp³-hybridized carbons (Fsp3) is 0.222. The van der Waals surface area contributed by atoms with Gasteiger partial charge in [0.1, 0.15) is 5.82 Å². The van der Waals surface area contributed by atoms with E-state index in [0.29, 0.717) is 18.5 Å². The molecule has 6 nitrogen and oxygen atoms in total. The highest BCUT2D eigenvalue weighted by Crippen LogP contribution is 2.25. The molecule has 3 heterocycles. The normalized spacial score (nSPS) is 13.5. The van der Waals surface area contributed by atoms with Gasteiger partial charge in [0.15, 0.2) is 0 Å². The second kappa shape index (κ2) is 6.62. The molecule has 24 heavy (non-hydrogen) atoms. The summed E-state index contributed by atoms with van der Waals surface area (Å²) in [6, 6.07) is 12.2. The second-order valence-corrected chi connectivity index (χ2v) is 5.81. The van der Waals surface area contributed by atoms with Crippen LogP contribution in [0.25, 0.3) is 11.4 Å². The van der Waals surface area contributed by atoms with E-state index in [-0.39, 0.29) is 0 Å². The third-order valence-electron chi connectivity index (χ3n) is 3.76. The summed E-state index contributed by atoms with van der Waals surface area (Å²) < 4.78 is 0. The molecule has 0 saturated heterocycles. The maximum absolute atomic E-state index is 4.60. The SMILES string of the molecule is c1ccc(-c2cc(NCc3cccnc3)nc(NC3CC3)n2)nc1. The molecule has 0 aromatic carbocycles. The van der Waals surface area contributed by atoms with Crippen molar-refractivity contribution in [3.8, 4) is 11.4 Å². The standard InChI is InChI=1S/C18H18N6/c1-2-9-20-15(5-1)16-10-17(21-12-13-4-3-8-19-11-13)24-18(23-16)22-14-6-7-14/h1-5,8-11,14H,6-7,12H2,(H2,21,22,23,24). The van der Waals surface area contributed by atoms with Crippen molar-refractivity contribution in [3.05, 3.63) is 60.6 Å². The van der Waals surface area contributed by atoms with Gasteiger partial charge in [-0.05, 0) is 36.6 Å². The van der Waals surface area contributed by atoms with E-state index < -0.39 is 0 Å². The Labute approximate surface area is 140 Å². The fourth-order valence-electron chi connectivity index (χ4n) is 2.35. The van der Waals surface area contributed by atoms with Crippen LogP contribution < -0.4 is 10.6 Å². The van der Waals surface area contributed by atoms with Gasteiger partial charge in [0, 0.05) is 37.2 Å². The Morgan fingerprint density at radius 3 is 2.71 bits per heavy atom. The molecule has 1 aliphatic rings. The topological polar surface area (TPSA) is 75.6 Å². The van der Waals surface area contributed by atoms with Crippen LogP contribution in [0.4, 0.5) is 11.8 Å². The van der Waals surface area contributed by atoms with Gasteiger partial charge >= 0.3 is 0 Å². The van der Waals surface area contributed by atoms with Crippen LogP contribution in [0, 0.1) is 0 Å². The Hall–Kier alpha value is -3.02. The average molecular weight is 318 g/mol. The number of pyridine rings is 2. The van der Waals surface area contributed by atoms with Gasteiger partial charge in [-0.3, -0.25) is 9.97 Å². The van der Waals surface area contributed by atoms with Crippen LogP contribution in [0.2, 0.25) is 0 Å². The Balaban J connectivity index is 1.59. The number of rotatable bonds is 6. The lowest BCUT2D eigenvalue weighted by Crippen LogP contribution is -2.09. The van der Waals surface area contributed by atoms with Crippen LogP contribution in [-0.2, 0) is 6.54 Å². The summed E-state index contributed by atoms with van der Waals surface area (Å²) in [5, 5.41) is 6.71. The van der Waals surface area contributed by atoms with Crippen LogP contribution in [0.5, 0.6) is 0 Å². The van der Waals surface area contributed by atoms with Crippen molar-refractivity contribution in [3.63, 3.8) is 0 Å². The minimum Gasteiger partial charge on any atom is -0.366 e. The minimum absolute atomic E-state index is 0.496. The molecule has 120 valence electrons. The van der Waals surface area contributed by atoms with Gasteiger partial charge in [-0.2, -0.15) is 4.98 Å². The summed E-state index contributed by atoms with van der Waals surface area (Å²) >= 11 is 0. The summed E-state index contributed by atoms with van der Waals surface area (Å²) in [6.07, 6.45) is 7.74. The first-order valence-electron chi connectivity index (χ1n) is 8.06. The summed E-state index contributed by atoms with van der Waals surface area (Å²) in [6.45, 7) is 0.662. The van der Waals surface area contributed by atoms with Gasteiger partial charge in [-0.25, -0.2) is 4.98 Å². The van der Waals surface area contributed by atoms with E-state index in [4.69, 9.17) is 0 Å². The van der Waals surface area contributed by atoms with Crippen molar-refractivity contribution >= 4 is 11.8 Å². The number of nitrogens with zero attached hydrogens (tertiary/aromatic N) is 4. The van der Waals surface area contributed by atoms with E-state index in [1.165, 1.54) is 12.8 Å². The molecule has 3 aromatic rings. The third-order valence-corrected chi connectivity index (χ3v) is 3.76. The highest BCUT2D eigenvalue weighted by Gasteiger charge is 2.22.